The van der Waals surface area contributed by atoms with Crippen molar-refractivity contribution >= 4 is 34.8 Å². The maximum Gasteiger partial charge on any atom is 0.269 e. The molecular weight excluding hydrogens is 444 g/mol. The maximum absolute atomic E-state index is 13.1. The summed E-state index contributed by atoms with van der Waals surface area (Å²) in [5, 5.41) is 11.5. The summed E-state index contributed by atoms with van der Waals surface area (Å²) in [4.78, 5) is 42.1. The van der Waals surface area contributed by atoms with E-state index in [9.17, 15) is 19.7 Å². The Balaban J connectivity index is 1.28. The number of carbonyl (C=O) groups is 2. The Morgan fingerprint density at radius 1 is 0.939 bits per heavy atom. The fourth-order valence-corrected chi connectivity index (χ4v) is 4.75. The Morgan fingerprint density at radius 3 is 2.18 bits per heavy atom. The normalized spacial score (nSPS) is 17.2. The highest BCUT2D eigenvalue weighted by Gasteiger charge is 2.32. The van der Waals surface area contributed by atoms with Gasteiger partial charge < -0.3 is 14.7 Å². The molecule has 2 aliphatic rings. The van der Waals surface area contributed by atoms with Gasteiger partial charge in [0, 0.05) is 73.6 Å². The Bertz CT molecular complexity index is 1040. The van der Waals surface area contributed by atoms with Crippen LogP contribution < -0.4 is 4.90 Å². The van der Waals surface area contributed by atoms with Crippen LogP contribution in [0.1, 0.15) is 28.8 Å². The number of non-ortho nitro benzene ring substituents is 1. The van der Waals surface area contributed by atoms with Gasteiger partial charge in [-0.15, -0.1) is 0 Å². The lowest BCUT2D eigenvalue weighted by atomic mass is 9.94. The van der Waals surface area contributed by atoms with Gasteiger partial charge in [-0.3, -0.25) is 19.7 Å². The van der Waals surface area contributed by atoms with Gasteiger partial charge in [0.2, 0.25) is 5.91 Å². The number of nitro benzene ring substituents is 1. The molecule has 0 aromatic heterocycles. The molecule has 2 aromatic carbocycles. The average molecular weight is 471 g/mol. The molecule has 33 heavy (non-hydrogen) atoms. The van der Waals surface area contributed by atoms with Crippen LogP contribution >= 0.6 is 11.6 Å². The Morgan fingerprint density at radius 2 is 1.58 bits per heavy atom. The van der Waals surface area contributed by atoms with Crippen LogP contribution in [-0.2, 0) is 4.79 Å². The molecule has 4 rings (SSSR count). The van der Waals surface area contributed by atoms with Crippen molar-refractivity contribution in [3.63, 3.8) is 0 Å². The van der Waals surface area contributed by atoms with E-state index < -0.39 is 4.92 Å². The highest BCUT2D eigenvalue weighted by Crippen LogP contribution is 2.27. The number of carbonyl (C=O) groups excluding carboxylic acids is 2. The molecule has 9 heteroatoms. The zero-order chi connectivity index (χ0) is 23.5. The van der Waals surface area contributed by atoms with E-state index in [-0.39, 0.29) is 23.4 Å². The van der Waals surface area contributed by atoms with Gasteiger partial charge in [0.25, 0.3) is 11.6 Å². The fourth-order valence-electron chi connectivity index (χ4n) is 4.59. The second kappa shape index (κ2) is 9.79. The van der Waals surface area contributed by atoms with E-state index in [1.165, 1.54) is 29.8 Å². The van der Waals surface area contributed by atoms with E-state index in [0.717, 1.165) is 18.8 Å². The monoisotopic (exact) mass is 470 g/mol. The van der Waals surface area contributed by atoms with Crippen molar-refractivity contribution in [2.24, 2.45) is 5.92 Å². The molecule has 2 amide bonds. The third kappa shape index (κ3) is 5.11. The minimum atomic E-state index is -0.485. The van der Waals surface area contributed by atoms with Crippen LogP contribution in [-0.4, -0.2) is 65.8 Å². The topological polar surface area (TPSA) is 87.0 Å². The van der Waals surface area contributed by atoms with E-state index in [4.69, 9.17) is 11.6 Å². The lowest BCUT2D eigenvalue weighted by Gasteiger charge is -2.39. The van der Waals surface area contributed by atoms with Crippen molar-refractivity contribution in [3.8, 4) is 0 Å². The number of amides is 2. The first-order chi connectivity index (χ1) is 15.8. The summed E-state index contributed by atoms with van der Waals surface area (Å²) in [6.45, 7) is 5.96. The molecular formula is C24H27ClN4O4. The summed E-state index contributed by atoms with van der Waals surface area (Å²) in [7, 11) is 0. The predicted octanol–water partition coefficient (Wildman–Crippen LogP) is 3.76. The first-order valence-electron chi connectivity index (χ1n) is 11.2. The summed E-state index contributed by atoms with van der Waals surface area (Å²) in [5.74, 6) is -0.0634. The second-order valence-corrected chi connectivity index (χ2v) is 9.05. The van der Waals surface area contributed by atoms with Gasteiger partial charge in [-0.1, -0.05) is 17.7 Å². The number of piperazine rings is 1. The molecule has 0 spiro atoms. The Hall–Kier alpha value is -3.13. The van der Waals surface area contributed by atoms with Gasteiger partial charge in [0.15, 0.2) is 0 Å². The lowest BCUT2D eigenvalue weighted by molar-refractivity contribution is -0.384. The molecule has 2 saturated heterocycles. The van der Waals surface area contributed by atoms with E-state index in [0.29, 0.717) is 49.6 Å². The van der Waals surface area contributed by atoms with Gasteiger partial charge in [-0.05, 0) is 49.6 Å². The summed E-state index contributed by atoms with van der Waals surface area (Å²) in [6.07, 6.45) is 1.26. The van der Waals surface area contributed by atoms with Crippen molar-refractivity contribution < 1.29 is 14.5 Å². The first-order valence-corrected chi connectivity index (χ1v) is 11.5. The smallest absolute Gasteiger partial charge is 0.269 e. The molecule has 2 aromatic rings. The number of benzene rings is 2. The number of anilines is 1. The summed E-state index contributed by atoms with van der Waals surface area (Å²) < 4.78 is 0. The predicted molar refractivity (Wildman–Crippen MR) is 127 cm³/mol. The standard InChI is InChI=1S/C24H27ClN4O4/c1-17-2-5-20(25)16-22(17)26-12-14-28(15-13-26)24(31)19-8-10-27(11-9-19)23(30)18-3-6-21(7-4-18)29(32)33/h2-7,16,19H,8-15H2,1H3. The zero-order valence-corrected chi connectivity index (χ0v) is 19.3. The van der Waals surface area contributed by atoms with Crippen molar-refractivity contribution in [2.45, 2.75) is 19.8 Å². The molecule has 0 unspecified atom stereocenters. The van der Waals surface area contributed by atoms with E-state index in [1.54, 1.807) is 4.90 Å². The summed E-state index contributed by atoms with van der Waals surface area (Å²) in [5.41, 5.74) is 2.68. The molecule has 2 fully saturated rings. The van der Waals surface area contributed by atoms with E-state index >= 15 is 0 Å². The van der Waals surface area contributed by atoms with Crippen LogP contribution in [0.4, 0.5) is 11.4 Å². The molecule has 2 aliphatic heterocycles. The highest BCUT2D eigenvalue weighted by atomic mass is 35.5. The largest absolute Gasteiger partial charge is 0.368 e. The van der Waals surface area contributed by atoms with Gasteiger partial charge in [-0.25, -0.2) is 0 Å². The fraction of sp³-hybridized carbons (Fsp3) is 0.417. The number of rotatable bonds is 4. The second-order valence-electron chi connectivity index (χ2n) is 8.61. The molecule has 0 atom stereocenters. The molecule has 0 N–H and O–H groups in total. The number of hydrogen-bond acceptors (Lipinski definition) is 5. The van der Waals surface area contributed by atoms with Crippen LogP contribution in [0.5, 0.6) is 0 Å². The van der Waals surface area contributed by atoms with Crippen LogP contribution in [0.2, 0.25) is 5.02 Å². The maximum atomic E-state index is 13.1. The number of halogens is 1. The molecule has 0 aliphatic carbocycles. The van der Waals surface area contributed by atoms with Gasteiger partial charge in [0.1, 0.15) is 0 Å². The van der Waals surface area contributed by atoms with Gasteiger partial charge >= 0.3 is 0 Å². The molecule has 0 saturated carbocycles. The zero-order valence-electron chi connectivity index (χ0n) is 18.6. The SMILES string of the molecule is Cc1ccc(Cl)cc1N1CCN(C(=O)C2CCN(C(=O)c3ccc([N+](=O)[O-])cc3)CC2)CC1. The Kier molecular flexibility index (Phi) is 6.83. The quantitative estimate of drug-likeness (QED) is 0.501. The number of hydrogen-bond donors (Lipinski definition) is 0. The van der Waals surface area contributed by atoms with Gasteiger partial charge in [-0.2, -0.15) is 0 Å². The van der Waals surface area contributed by atoms with Crippen molar-refractivity contribution in [3.05, 3.63) is 68.7 Å². The lowest BCUT2D eigenvalue weighted by Crippen LogP contribution is -2.52. The van der Waals surface area contributed by atoms with Crippen LogP contribution in [0.25, 0.3) is 0 Å². The van der Waals surface area contributed by atoms with Gasteiger partial charge in [0.05, 0.1) is 4.92 Å². The van der Waals surface area contributed by atoms with Crippen molar-refractivity contribution in [1.29, 1.82) is 0 Å². The van der Waals surface area contributed by atoms with Crippen molar-refractivity contribution in [2.75, 3.05) is 44.2 Å². The third-order valence-electron chi connectivity index (χ3n) is 6.56. The minimum absolute atomic E-state index is 0.0403. The number of nitrogens with zero attached hydrogens (tertiary/aromatic N) is 4. The Labute approximate surface area is 197 Å². The summed E-state index contributed by atoms with van der Waals surface area (Å²) in [6, 6.07) is 11.5. The number of aryl methyl sites for hydroxylation is 1. The van der Waals surface area contributed by atoms with E-state index in [2.05, 4.69) is 11.8 Å². The highest BCUT2D eigenvalue weighted by molar-refractivity contribution is 6.30. The summed E-state index contributed by atoms with van der Waals surface area (Å²) >= 11 is 6.16. The van der Waals surface area contributed by atoms with Crippen molar-refractivity contribution in [1.82, 2.24) is 9.80 Å². The third-order valence-corrected chi connectivity index (χ3v) is 6.79. The molecule has 8 nitrogen and oxygen atoms in total. The molecule has 0 radical (unpaired) electrons. The van der Waals surface area contributed by atoms with Crippen LogP contribution in [0.3, 0.4) is 0 Å². The average Bonchev–Trinajstić information content (AvgIpc) is 2.85. The molecule has 2 heterocycles. The van der Waals surface area contributed by atoms with Crippen LogP contribution in [0, 0.1) is 23.0 Å². The minimum Gasteiger partial charge on any atom is -0.368 e. The number of nitro groups is 1. The number of piperidine rings is 1. The first kappa shape index (κ1) is 23.0. The molecule has 0 bridgehead atoms. The van der Waals surface area contributed by atoms with E-state index in [1.807, 2.05) is 23.1 Å². The molecule has 174 valence electrons. The van der Waals surface area contributed by atoms with Crippen LogP contribution in [0.15, 0.2) is 42.5 Å². The number of likely N-dealkylation sites (tertiary alicyclic amines) is 1.